The van der Waals surface area contributed by atoms with Gasteiger partial charge in [-0.05, 0) is 12.8 Å². The van der Waals surface area contributed by atoms with E-state index in [1.54, 1.807) is 13.3 Å². The number of anilines is 2. The van der Waals surface area contributed by atoms with Crippen molar-refractivity contribution in [3.63, 3.8) is 0 Å². The smallest absolute Gasteiger partial charge is 0.141 e. The van der Waals surface area contributed by atoms with E-state index >= 15 is 0 Å². The number of fused-ring (bicyclic) bond motifs is 1. The van der Waals surface area contributed by atoms with Gasteiger partial charge in [-0.15, -0.1) is 0 Å². The van der Waals surface area contributed by atoms with Crippen LogP contribution >= 0.6 is 11.6 Å². The molecule has 2 aromatic heterocycles. The first-order valence-corrected chi connectivity index (χ1v) is 7.97. The van der Waals surface area contributed by atoms with Crippen molar-refractivity contribution >= 4 is 34.0 Å². The van der Waals surface area contributed by atoms with Crippen molar-refractivity contribution in [2.24, 2.45) is 5.73 Å². The zero-order chi connectivity index (χ0) is 15.5. The van der Waals surface area contributed by atoms with Gasteiger partial charge in [-0.3, -0.25) is 0 Å². The van der Waals surface area contributed by atoms with Gasteiger partial charge in [-0.2, -0.15) is 0 Å². The average Bonchev–Trinajstić information content (AvgIpc) is 2.91. The van der Waals surface area contributed by atoms with Gasteiger partial charge in [0.05, 0.1) is 34.6 Å². The number of aromatic nitrogens is 2. The number of H-pyrrole nitrogens is 1. The van der Waals surface area contributed by atoms with E-state index in [4.69, 9.17) is 22.1 Å². The summed E-state index contributed by atoms with van der Waals surface area (Å²) in [6.07, 6.45) is 5.78. The normalized spacial score (nSPS) is 18.9. The fourth-order valence-electron chi connectivity index (χ4n) is 3.01. The highest BCUT2D eigenvalue weighted by molar-refractivity contribution is 6.35. The number of piperidine rings is 1. The number of nitrogens with one attached hydrogen (secondary N) is 2. The number of nitrogens with zero attached hydrogens (tertiary/aromatic N) is 2. The molecule has 3 rings (SSSR count). The number of aromatic amines is 1. The standard InChI is InChI=1S/C15H22ClN5O/c1-22-6-4-18-12-8-20-15-13(12)14(11(16)7-19-15)21-5-2-3-10(17)9-21/h7-8,10,18H,2-6,9,17H2,1H3,(H,19,20)/t10-/m1/s1. The molecule has 22 heavy (non-hydrogen) atoms. The number of rotatable bonds is 5. The van der Waals surface area contributed by atoms with Crippen molar-refractivity contribution in [1.29, 1.82) is 0 Å². The lowest BCUT2D eigenvalue weighted by Gasteiger charge is -2.33. The predicted molar refractivity (Wildman–Crippen MR) is 90.9 cm³/mol. The molecule has 1 fully saturated rings. The second kappa shape index (κ2) is 6.73. The summed E-state index contributed by atoms with van der Waals surface area (Å²) in [4.78, 5) is 9.86. The molecule has 1 atom stereocenters. The highest BCUT2D eigenvalue weighted by Gasteiger charge is 2.23. The van der Waals surface area contributed by atoms with E-state index in [0.29, 0.717) is 11.6 Å². The molecule has 1 aliphatic rings. The average molecular weight is 324 g/mol. The molecule has 2 aromatic rings. The zero-order valence-electron chi connectivity index (χ0n) is 12.7. The topological polar surface area (TPSA) is 79.2 Å². The van der Waals surface area contributed by atoms with E-state index in [2.05, 4.69) is 20.2 Å². The van der Waals surface area contributed by atoms with Gasteiger partial charge in [0, 0.05) is 39.0 Å². The second-order valence-electron chi connectivity index (χ2n) is 5.65. The SMILES string of the molecule is COCCNc1c[nH]c2ncc(Cl)c(N3CCC[C@@H](N)C3)c12. The largest absolute Gasteiger partial charge is 0.383 e. The third-order valence-corrected chi connectivity index (χ3v) is 4.30. The van der Waals surface area contributed by atoms with Crippen LogP contribution in [0.1, 0.15) is 12.8 Å². The van der Waals surface area contributed by atoms with Gasteiger partial charge < -0.3 is 25.7 Å². The first kappa shape index (κ1) is 15.4. The lowest BCUT2D eigenvalue weighted by Crippen LogP contribution is -2.43. The van der Waals surface area contributed by atoms with Crippen LogP contribution in [0.2, 0.25) is 5.02 Å². The number of hydrogen-bond donors (Lipinski definition) is 3. The number of halogens is 1. The summed E-state index contributed by atoms with van der Waals surface area (Å²) in [5, 5.41) is 5.06. The number of ether oxygens (including phenoxy) is 1. The van der Waals surface area contributed by atoms with Crippen LogP contribution in [-0.2, 0) is 4.74 Å². The highest BCUT2D eigenvalue weighted by atomic mass is 35.5. The minimum atomic E-state index is 0.192. The molecule has 0 spiro atoms. The monoisotopic (exact) mass is 323 g/mol. The van der Waals surface area contributed by atoms with Gasteiger partial charge in [-0.25, -0.2) is 4.98 Å². The third-order valence-electron chi connectivity index (χ3n) is 4.03. The van der Waals surface area contributed by atoms with Crippen LogP contribution in [0.3, 0.4) is 0 Å². The molecule has 0 aromatic carbocycles. The van der Waals surface area contributed by atoms with Crippen LogP contribution in [0.5, 0.6) is 0 Å². The van der Waals surface area contributed by atoms with Gasteiger partial charge in [0.2, 0.25) is 0 Å². The van der Waals surface area contributed by atoms with E-state index in [-0.39, 0.29) is 6.04 Å². The molecule has 0 unspecified atom stereocenters. The molecular formula is C15H22ClN5O. The van der Waals surface area contributed by atoms with Gasteiger partial charge in [0.1, 0.15) is 5.65 Å². The maximum Gasteiger partial charge on any atom is 0.141 e. The molecular weight excluding hydrogens is 302 g/mol. The van der Waals surface area contributed by atoms with Crippen LogP contribution in [-0.4, -0.2) is 49.4 Å². The Morgan fingerprint density at radius 2 is 2.45 bits per heavy atom. The molecule has 6 nitrogen and oxygen atoms in total. The van der Waals surface area contributed by atoms with Crippen LogP contribution < -0.4 is 16.0 Å². The lowest BCUT2D eigenvalue weighted by molar-refractivity contribution is 0.211. The van der Waals surface area contributed by atoms with E-state index < -0.39 is 0 Å². The number of hydrogen-bond acceptors (Lipinski definition) is 5. The summed E-state index contributed by atoms with van der Waals surface area (Å²) >= 11 is 6.46. The maximum atomic E-state index is 6.46. The molecule has 0 saturated carbocycles. The summed E-state index contributed by atoms with van der Waals surface area (Å²) in [6, 6.07) is 0.192. The summed E-state index contributed by atoms with van der Waals surface area (Å²) in [5.41, 5.74) is 8.97. The fourth-order valence-corrected chi connectivity index (χ4v) is 3.27. The van der Waals surface area contributed by atoms with Gasteiger partial charge >= 0.3 is 0 Å². The van der Waals surface area contributed by atoms with Crippen LogP contribution in [0.15, 0.2) is 12.4 Å². The van der Waals surface area contributed by atoms with Crippen molar-refractivity contribution in [3.05, 3.63) is 17.4 Å². The first-order valence-electron chi connectivity index (χ1n) is 7.59. The number of pyridine rings is 1. The minimum Gasteiger partial charge on any atom is -0.383 e. The molecule has 0 aliphatic carbocycles. The molecule has 0 amide bonds. The zero-order valence-corrected chi connectivity index (χ0v) is 13.5. The highest BCUT2D eigenvalue weighted by Crippen LogP contribution is 2.38. The Morgan fingerprint density at radius 3 is 3.23 bits per heavy atom. The Hall–Kier alpha value is -1.50. The van der Waals surface area contributed by atoms with Gasteiger partial charge in [0.25, 0.3) is 0 Å². The van der Waals surface area contributed by atoms with E-state index in [9.17, 15) is 0 Å². The molecule has 0 radical (unpaired) electrons. The molecule has 1 saturated heterocycles. The first-order chi connectivity index (χ1) is 10.7. The third kappa shape index (κ3) is 2.99. The minimum absolute atomic E-state index is 0.192. The Morgan fingerprint density at radius 1 is 1.59 bits per heavy atom. The molecule has 4 N–H and O–H groups in total. The number of methoxy groups -OCH3 is 1. The van der Waals surface area contributed by atoms with Crippen molar-refractivity contribution in [2.75, 3.05) is 43.6 Å². The van der Waals surface area contributed by atoms with Gasteiger partial charge in [-0.1, -0.05) is 11.6 Å². The van der Waals surface area contributed by atoms with Crippen molar-refractivity contribution in [1.82, 2.24) is 9.97 Å². The summed E-state index contributed by atoms with van der Waals surface area (Å²) in [5.74, 6) is 0. The van der Waals surface area contributed by atoms with E-state index in [0.717, 1.165) is 54.9 Å². The van der Waals surface area contributed by atoms with Crippen LogP contribution in [0, 0.1) is 0 Å². The molecule has 120 valence electrons. The Balaban J connectivity index is 1.99. The number of nitrogens with two attached hydrogens (primary N) is 1. The van der Waals surface area contributed by atoms with E-state index in [1.807, 2.05) is 6.20 Å². The van der Waals surface area contributed by atoms with Crippen LogP contribution in [0.25, 0.3) is 11.0 Å². The maximum absolute atomic E-state index is 6.46. The van der Waals surface area contributed by atoms with E-state index in [1.165, 1.54) is 0 Å². The Bertz CT molecular complexity index is 644. The predicted octanol–water partition coefficient (Wildman–Crippen LogP) is 2.20. The Labute approximate surface area is 135 Å². The summed E-state index contributed by atoms with van der Waals surface area (Å²) in [7, 11) is 1.69. The van der Waals surface area contributed by atoms with Crippen LogP contribution in [0.4, 0.5) is 11.4 Å². The Kier molecular flexibility index (Phi) is 4.71. The lowest BCUT2D eigenvalue weighted by atomic mass is 10.1. The molecule has 7 heteroatoms. The molecule has 1 aliphatic heterocycles. The summed E-state index contributed by atoms with van der Waals surface area (Å²) < 4.78 is 5.10. The van der Waals surface area contributed by atoms with Gasteiger partial charge in [0.15, 0.2) is 0 Å². The molecule has 3 heterocycles. The molecule has 0 bridgehead atoms. The quantitative estimate of drug-likeness (QED) is 0.735. The van der Waals surface area contributed by atoms with Crippen molar-refractivity contribution in [3.8, 4) is 0 Å². The summed E-state index contributed by atoms with van der Waals surface area (Å²) in [6.45, 7) is 3.16. The second-order valence-corrected chi connectivity index (χ2v) is 6.06. The van der Waals surface area contributed by atoms with Crippen molar-refractivity contribution < 1.29 is 4.74 Å². The fraction of sp³-hybridized carbons (Fsp3) is 0.533. The van der Waals surface area contributed by atoms with Crippen molar-refractivity contribution in [2.45, 2.75) is 18.9 Å².